The minimum atomic E-state index is -5.08. The van der Waals surface area contributed by atoms with E-state index < -0.39 is 12.1 Å². The van der Waals surface area contributed by atoms with Crippen molar-refractivity contribution >= 4 is 5.97 Å². The van der Waals surface area contributed by atoms with Crippen molar-refractivity contribution in [3.05, 3.63) is 28.8 Å². The van der Waals surface area contributed by atoms with Crippen molar-refractivity contribution in [2.75, 3.05) is 6.61 Å². The van der Waals surface area contributed by atoms with E-state index in [0.29, 0.717) is 6.04 Å². The van der Waals surface area contributed by atoms with Gasteiger partial charge in [-0.1, -0.05) is 6.07 Å². The number of ether oxygens (including phenoxy) is 1. The van der Waals surface area contributed by atoms with E-state index in [2.05, 4.69) is 31.3 Å². The lowest BCUT2D eigenvalue weighted by Gasteiger charge is -2.11. The summed E-state index contributed by atoms with van der Waals surface area (Å²) in [6, 6.07) is 4.75. The first-order valence-corrected chi connectivity index (χ1v) is 6.47. The number of carboxylic acid groups (broad SMARTS) is 1. The lowest BCUT2D eigenvalue weighted by molar-refractivity contribution is -0.192. The van der Waals surface area contributed by atoms with E-state index in [1.807, 2.05) is 6.92 Å². The van der Waals surface area contributed by atoms with Crippen LogP contribution in [-0.4, -0.2) is 23.9 Å². The molecule has 0 radical (unpaired) electrons. The fraction of sp³-hybridized carbons (Fsp3) is 0.500. The van der Waals surface area contributed by atoms with Gasteiger partial charge in [0.1, 0.15) is 5.75 Å². The largest absolute Gasteiger partial charge is 0.494 e. The molecular weight excluding hydrogens is 287 g/mol. The summed E-state index contributed by atoms with van der Waals surface area (Å²) < 4.78 is 37.3. The fourth-order valence-electron chi connectivity index (χ4n) is 2.07. The zero-order valence-electron chi connectivity index (χ0n) is 12.0. The SMILES string of the molecule is CCOc1ccc2c(c1C)CN[C@H]2C.O=C(O)C(F)(F)F. The summed E-state index contributed by atoms with van der Waals surface area (Å²) in [5.41, 5.74) is 4.13. The molecule has 0 aromatic heterocycles. The first kappa shape index (κ1) is 17.3. The summed E-state index contributed by atoms with van der Waals surface area (Å²) in [6.45, 7) is 8.08. The molecule has 1 heterocycles. The van der Waals surface area contributed by atoms with E-state index in [1.165, 1.54) is 16.7 Å². The fourth-order valence-corrected chi connectivity index (χ4v) is 2.07. The highest BCUT2D eigenvalue weighted by Gasteiger charge is 2.38. The number of rotatable bonds is 2. The Morgan fingerprint density at radius 1 is 1.48 bits per heavy atom. The van der Waals surface area contributed by atoms with Crippen LogP contribution in [0.1, 0.15) is 36.6 Å². The number of alkyl halides is 3. The highest BCUT2D eigenvalue weighted by atomic mass is 19.4. The molecule has 0 fully saturated rings. The number of hydrogen-bond acceptors (Lipinski definition) is 3. The average Bonchev–Trinajstić information content (AvgIpc) is 2.75. The van der Waals surface area contributed by atoms with Gasteiger partial charge in [-0.25, -0.2) is 4.79 Å². The molecule has 2 N–H and O–H groups in total. The maximum Gasteiger partial charge on any atom is 0.490 e. The van der Waals surface area contributed by atoms with Crippen LogP contribution in [0.15, 0.2) is 12.1 Å². The molecule has 0 saturated heterocycles. The van der Waals surface area contributed by atoms with Crippen molar-refractivity contribution in [3.63, 3.8) is 0 Å². The third-order valence-corrected chi connectivity index (χ3v) is 3.18. The third kappa shape index (κ3) is 4.35. The van der Waals surface area contributed by atoms with Crippen LogP contribution in [0.4, 0.5) is 13.2 Å². The van der Waals surface area contributed by atoms with Gasteiger partial charge in [0.25, 0.3) is 0 Å². The van der Waals surface area contributed by atoms with E-state index in [0.717, 1.165) is 18.9 Å². The van der Waals surface area contributed by atoms with Crippen LogP contribution in [-0.2, 0) is 11.3 Å². The Bertz CT molecular complexity index is 515. The molecule has 0 amide bonds. The number of nitrogens with one attached hydrogen (secondary N) is 1. The highest BCUT2D eigenvalue weighted by Crippen LogP contribution is 2.32. The van der Waals surface area contributed by atoms with E-state index in [-0.39, 0.29) is 0 Å². The molecule has 21 heavy (non-hydrogen) atoms. The molecule has 2 rings (SSSR count). The Morgan fingerprint density at radius 3 is 2.52 bits per heavy atom. The first-order valence-electron chi connectivity index (χ1n) is 6.47. The Balaban J connectivity index is 0.000000270. The zero-order valence-corrected chi connectivity index (χ0v) is 12.0. The van der Waals surface area contributed by atoms with Gasteiger partial charge < -0.3 is 15.2 Å². The van der Waals surface area contributed by atoms with Crippen molar-refractivity contribution in [1.82, 2.24) is 5.32 Å². The molecule has 1 aliphatic heterocycles. The van der Waals surface area contributed by atoms with Gasteiger partial charge in [0.05, 0.1) is 6.61 Å². The Morgan fingerprint density at radius 2 is 2.05 bits per heavy atom. The van der Waals surface area contributed by atoms with E-state index in [9.17, 15) is 13.2 Å². The number of benzene rings is 1. The molecule has 7 heteroatoms. The number of fused-ring (bicyclic) bond motifs is 1. The molecule has 0 bridgehead atoms. The van der Waals surface area contributed by atoms with Crippen LogP contribution in [0.25, 0.3) is 0 Å². The predicted octanol–water partition coefficient (Wildman–Crippen LogP) is 3.19. The second kappa shape index (κ2) is 6.80. The number of hydrogen-bond donors (Lipinski definition) is 2. The summed E-state index contributed by atoms with van der Waals surface area (Å²) in [5.74, 6) is -1.73. The van der Waals surface area contributed by atoms with Crippen LogP contribution >= 0.6 is 0 Å². The standard InChI is InChI=1S/C12H17NO.C2HF3O2/c1-4-14-12-6-5-10-9(3)13-7-11(10)8(12)2;3-2(4,5)1(6)7/h5-6,9,13H,4,7H2,1-3H3;(H,6,7)/t9-;/m0./s1. The van der Waals surface area contributed by atoms with Crippen molar-refractivity contribution in [2.45, 2.75) is 39.5 Å². The number of carboxylic acids is 1. The number of halogens is 3. The summed E-state index contributed by atoms with van der Waals surface area (Å²) in [6.07, 6.45) is -5.08. The van der Waals surface area contributed by atoms with Gasteiger partial charge in [0.15, 0.2) is 0 Å². The van der Waals surface area contributed by atoms with E-state index >= 15 is 0 Å². The first-order chi connectivity index (χ1) is 9.68. The summed E-state index contributed by atoms with van der Waals surface area (Å²) >= 11 is 0. The van der Waals surface area contributed by atoms with Crippen LogP contribution < -0.4 is 10.1 Å². The van der Waals surface area contributed by atoms with Gasteiger partial charge in [-0.2, -0.15) is 13.2 Å². The van der Waals surface area contributed by atoms with Gasteiger partial charge in [-0.15, -0.1) is 0 Å². The second-order valence-corrected chi connectivity index (χ2v) is 4.59. The van der Waals surface area contributed by atoms with Crippen LogP contribution in [0.5, 0.6) is 5.75 Å². The van der Waals surface area contributed by atoms with Gasteiger partial charge in [-0.05, 0) is 43.5 Å². The minimum absolute atomic E-state index is 0.486. The third-order valence-electron chi connectivity index (χ3n) is 3.18. The van der Waals surface area contributed by atoms with Gasteiger partial charge in [0, 0.05) is 12.6 Å². The second-order valence-electron chi connectivity index (χ2n) is 4.59. The summed E-state index contributed by atoms with van der Waals surface area (Å²) in [4.78, 5) is 8.90. The monoisotopic (exact) mass is 305 g/mol. The van der Waals surface area contributed by atoms with Crippen LogP contribution in [0.3, 0.4) is 0 Å². The topological polar surface area (TPSA) is 58.6 Å². The smallest absolute Gasteiger partial charge is 0.490 e. The molecule has 0 aliphatic carbocycles. The molecule has 1 aliphatic rings. The van der Waals surface area contributed by atoms with E-state index in [4.69, 9.17) is 14.6 Å². The quantitative estimate of drug-likeness (QED) is 0.881. The summed E-state index contributed by atoms with van der Waals surface area (Å²) in [7, 11) is 0. The Hall–Kier alpha value is -1.76. The van der Waals surface area contributed by atoms with Crippen molar-refractivity contribution in [3.8, 4) is 5.75 Å². The van der Waals surface area contributed by atoms with Gasteiger partial charge in [0.2, 0.25) is 0 Å². The number of carbonyl (C=O) groups is 1. The lowest BCUT2D eigenvalue weighted by atomic mass is 10.0. The molecule has 0 spiro atoms. The van der Waals surface area contributed by atoms with Crippen molar-refractivity contribution < 1.29 is 27.8 Å². The van der Waals surface area contributed by atoms with Crippen LogP contribution in [0, 0.1) is 6.92 Å². The maximum atomic E-state index is 10.6. The average molecular weight is 305 g/mol. The molecule has 1 aromatic rings. The maximum absolute atomic E-state index is 10.6. The normalized spacial score (nSPS) is 16.8. The van der Waals surface area contributed by atoms with Crippen molar-refractivity contribution in [2.24, 2.45) is 0 Å². The molecule has 118 valence electrons. The van der Waals surface area contributed by atoms with Gasteiger partial charge in [-0.3, -0.25) is 0 Å². The molecule has 1 aromatic carbocycles. The Labute approximate surface area is 120 Å². The van der Waals surface area contributed by atoms with Crippen LogP contribution in [0.2, 0.25) is 0 Å². The molecule has 1 atom stereocenters. The van der Waals surface area contributed by atoms with Gasteiger partial charge >= 0.3 is 12.1 Å². The molecule has 0 unspecified atom stereocenters. The molecular formula is C14H18F3NO3. The highest BCUT2D eigenvalue weighted by molar-refractivity contribution is 5.73. The molecule has 4 nitrogen and oxygen atoms in total. The molecule has 0 saturated carbocycles. The number of aliphatic carboxylic acids is 1. The minimum Gasteiger partial charge on any atom is -0.494 e. The van der Waals surface area contributed by atoms with Crippen molar-refractivity contribution in [1.29, 1.82) is 0 Å². The predicted molar refractivity (Wildman–Crippen MR) is 71.3 cm³/mol. The van der Waals surface area contributed by atoms with E-state index in [1.54, 1.807) is 0 Å². The summed E-state index contributed by atoms with van der Waals surface area (Å²) in [5, 5.41) is 10.6. The Kier molecular flexibility index (Phi) is 5.60. The zero-order chi connectivity index (χ0) is 16.2. The lowest BCUT2D eigenvalue weighted by Crippen LogP contribution is -2.21.